The number of hydrogen-bond donors (Lipinski definition) is 1. The summed E-state index contributed by atoms with van der Waals surface area (Å²) >= 11 is 0. The Hall–Kier alpha value is -3.65. The van der Waals surface area contributed by atoms with Crippen molar-refractivity contribution in [3.8, 4) is 5.75 Å². The SMILES string of the molecule is CCOc1ccc(NC(=O)Cn2cc(C(=O)C(=O)N3CCOCC3)c3ccccc32)cc1. The molecule has 0 aliphatic carbocycles. The molecular formula is C24H25N3O5. The predicted octanol–water partition coefficient (Wildman–Crippen LogP) is 2.72. The molecule has 2 amide bonds. The molecule has 2 aromatic carbocycles. The molecule has 1 aromatic heterocycles. The van der Waals surface area contributed by atoms with Gasteiger partial charge in [0.15, 0.2) is 0 Å². The number of carbonyl (C=O) groups excluding carboxylic acids is 3. The fourth-order valence-corrected chi connectivity index (χ4v) is 3.74. The number of carbonyl (C=O) groups is 3. The van der Waals surface area contributed by atoms with E-state index in [9.17, 15) is 14.4 Å². The lowest BCUT2D eigenvalue weighted by Crippen LogP contribution is -2.44. The highest BCUT2D eigenvalue weighted by Crippen LogP contribution is 2.23. The first-order valence-electron chi connectivity index (χ1n) is 10.6. The van der Waals surface area contributed by atoms with Crippen molar-refractivity contribution in [2.24, 2.45) is 0 Å². The number of Topliss-reactive ketones (excluding diaryl/α,β-unsaturated/α-hetero) is 1. The molecular weight excluding hydrogens is 410 g/mol. The number of benzene rings is 2. The minimum absolute atomic E-state index is 0.00670. The van der Waals surface area contributed by atoms with Crippen LogP contribution in [0.1, 0.15) is 17.3 Å². The fraction of sp³-hybridized carbons (Fsp3) is 0.292. The van der Waals surface area contributed by atoms with Crippen molar-refractivity contribution >= 4 is 34.2 Å². The number of anilines is 1. The fourth-order valence-electron chi connectivity index (χ4n) is 3.74. The van der Waals surface area contributed by atoms with E-state index >= 15 is 0 Å². The van der Waals surface area contributed by atoms with Gasteiger partial charge in [-0.05, 0) is 37.3 Å². The summed E-state index contributed by atoms with van der Waals surface area (Å²) in [5, 5.41) is 3.49. The molecule has 1 aliphatic rings. The molecule has 0 radical (unpaired) electrons. The van der Waals surface area contributed by atoms with Crippen molar-refractivity contribution in [3.05, 3.63) is 60.3 Å². The van der Waals surface area contributed by atoms with Gasteiger partial charge in [-0.2, -0.15) is 0 Å². The van der Waals surface area contributed by atoms with E-state index in [4.69, 9.17) is 9.47 Å². The summed E-state index contributed by atoms with van der Waals surface area (Å²) in [6.45, 7) is 4.12. The van der Waals surface area contributed by atoms with Crippen LogP contribution in [0.3, 0.4) is 0 Å². The van der Waals surface area contributed by atoms with Crippen LogP contribution in [0.15, 0.2) is 54.7 Å². The van der Waals surface area contributed by atoms with Crippen molar-refractivity contribution in [1.29, 1.82) is 0 Å². The van der Waals surface area contributed by atoms with Crippen LogP contribution in [0, 0.1) is 0 Å². The van der Waals surface area contributed by atoms with Crippen molar-refractivity contribution in [2.75, 3.05) is 38.2 Å². The zero-order valence-corrected chi connectivity index (χ0v) is 17.9. The summed E-state index contributed by atoms with van der Waals surface area (Å²) in [6, 6.07) is 14.4. The topological polar surface area (TPSA) is 89.9 Å². The number of para-hydroxylation sites is 1. The molecule has 0 bridgehead atoms. The molecule has 3 aromatic rings. The zero-order chi connectivity index (χ0) is 22.5. The first kappa shape index (κ1) is 21.6. The van der Waals surface area contributed by atoms with Crippen molar-refractivity contribution < 1.29 is 23.9 Å². The summed E-state index contributed by atoms with van der Waals surface area (Å²) in [5.74, 6) is -0.632. The summed E-state index contributed by atoms with van der Waals surface area (Å²) in [6.07, 6.45) is 1.59. The first-order valence-corrected chi connectivity index (χ1v) is 10.6. The summed E-state index contributed by atoms with van der Waals surface area (Å²) in [5.41, 5.74) is 1.66. The number of fused-ring (bicyclic) bond motifs is 1. The van der Waals surface area contributed by atoms with Crippen LogP contribution in [-0.2, 0) is 20.9 Å². The lowest BCUT2D eigenvalue weighted by atomic mass is 10.1. The van der Waals surface area contributed by atoms with Gasteiger partial charge in [-0.1, -0.05) is 18.2 Å². The van der Waals surface area contributed by atoms with Gasteiger partial charge in [0.1, 0.15) is 12.3 Å². The van der Waals surface area contributed by atoms with Gasteiger partial charge in [-0.15, -0.1) is 0 Å². The van der Waals surface area contributed by atoms with Gasteiger partial charge in [-0.3, -0.25) is 14.4 Å². The van der Waals surface area contributed by atoms with Crippen LogP contribution in [0.5, 0.6) is 5.75 Å². The molecule has 8 nitrogen and oxygen atoms in total. The van der Waals surface area contributed by atoms with E-state index in [0.29, 0.717) is 55.1 Å². The minimum Gasteiger partial charge on any atom is -0.494 e. The second kappa shape index (κ2) is 9.65. The number of rotatable bonds is 7. The number of nitrogens with zero attached hydrogens (tertiary/aromatic N) is 2. The Labute approximate surface area is 185 Å². The third kappa shape index (κ3) is 4.65. The van der Waals surface area contributed by atoms with E-state index in [0.717, 1.165) is 5.75 Å². The molecule has 4 rings (SSSR count). The lowest BCUT2D eigenvalue weighted by molar-refractivity contribution is -0.130. The van der Waals surface area contributed by atoms with Crippen LogP contribution in [0.4, 0.5) is 5.69 Å². The maximum atomic E-state index is 13.0. The standard InChI is InChI=1S/C24H25N3O5/c1-2-32-18-9-7-17(8-10-18)25-22(28)16-27-15-20(19-5-3-4-6-21(19)27)23(29)24(30)26-11-13-31-14-12-26/h3-10,15H,2,11-14,16H2,1H3,(H,25,28). The molecule has 0 unspecified atom stereocenters. The molecule has 0 spiro atoms. The molecule has 2 heterocycles. The molecule has 166 valence electrons. The number of ketones is 1. The quantitative estimate of drug-likeness (QED) is 0.455. The molecule has 1 fully saturated rings. The Morgan fingerprint density at radius 3 is 2.47 bits per heavy atom. The third-order valence-electron chi connectivity index (χ3n) is 5.29. The monoisotopic (exact) mass is 435 g/mol. The highest BCUT2D eigenvalue weighted by atomic mass is 16.5. The van der Waals surface area contributed by atoms with Gasteiger partial charge in [0.2, 0.25) is 5.91 Å². The van der Waals surface area contributed by atoms with Crippen LogP contribution < -0.4 is 10.1 Å². The number of amides is 2. The molecule has 1 saturated heterocycles. The Kier molecular flexibility index (Phi) is 6.51. The van der Waals surface area contributed by atoms with Gasteiger partial charge < -0.3 is 24.3 Å². The van der Waals surface area contributed by atoms with Gasteiger partial charge in [0.05, 0.1) is 25.4 Å². The van der Waals surface area contributed by atoms with Gasteiger partial charge in [0, 0.05) is 35.9 Å². The normalized spacial score (nSPS) is 13.7. The molecule has 32 heavy (non-hydrogen) atoms. The number of nitrogens with one attached hydrogen (secondary N) is 1. The number of aromatic nitrogens is 1. The maximum absolute atomic E-state index is 13.0. The summed E-state index contributed by atoms with van der Waals surface area (Å²) in [7, 11) is 0. The summed E-state index contributed by atoms with van der Waals surface area (Å²) < 4.78 is 12.4. The molecule has 8 heteroatoms. The van der Waals surface area contributed by atoms with Crippen LogP contribution in [0.25, 0.3) is 10.9 Å². The van der Waals surface area contributed by atoms with E-state index in [-0.39, 0.29) is 12.5 Å². The second-order valence-electron chi connectivity index (χ2n) is 7.43. The molecule has 1 aliphatic heterocycles. The highest BCUT2D eigenvalue weighted by molar-refractivity contribution is 6.44. The van der Waals surface area contributed by atoms with E-state index in [1.54, 1.807) is 41.1 Å². The average Bonchev–Trinajstić information content (AvgIpc) is 3.18. The Bertz CT molecular complexity index is 1130. The predicted molar refractivity (Wildman–Crippen MR) is 120 cm³/mol. The lowest BCUT2D eigenvalue weighted by Gasteiger charge is -2.25. The minimum atomic E-state index is -0.575. The zero-order valence-electron chi connectivity index (χ0n) is 17.9. The van der Waals surface area contributed by atoms with Gasteiger partial charge in [-0.25, -0.2) is 0 Å². The number of morpholine rings is 1. The number of ether oxygens (including phenoxy) is 2. The van der Waals surface area contributed by atoms with Crippen LogP contribution >= 0.6 is 0 Å². The van der Waals surface area contributed by atoms with Gasteiger partial charge >= 0.3 is 0 Å². The van der Waals surface area contributed by atoms with Crippen LogP contribution in [-0.4, -0.2) is 60.0 Å². The third-order valence-corrected chi connectivity index (χ3v) is 5.29. The van der Waals surface area contributed by atoms with E-state index in [2.05, 4.69) is 5.32 Å². The largest absolute Gasteiger partial charge is 0.494 e. The smallest absolute Gasteiger partial charge is 0.295 e. The molecule has 0 saturated carbocycles. The second-order valence-corrected chi connectivity index (χ2v) is 7.43. The summed E-state index contributed by atoms with van der Waals surface area (Å²) in [4.78, 5) is 39.9. The Morgan fingerprint density at radius 2 is 1.75 bits per heavy atom. The van der Waals surface area contributed by atoms with Crippen molar-refractivity contribution in [3.63, 3.8) is 0 Å². The van der Waals surface area contributed by atoms with E-state index in [1.165, 1.54) is 4.90 Å². The highest BCUT2D eigenvalue weighted by Gasteiger charge is 2.27. The van der Waals surface area contributed by atoms with Crippen molar-refractivity contribution in [2.45, 2.75) is 13.5 Å². The van der Waals surface area contributed by atoms with Crippen molar-refractivity contribution in [1.82, 2.24) is 9.47 Å². The molecule has 0 atom stereocenters. The van der Waals surface area contributed by atoms with E-state index < -0.39 is 11.7 Å². The maximum Gasteiger partial charge on any atom is 0.295 e. The Balaban J connectivity index is 1.52. The van der Waals surface area contributed by atoms with Crippen LogP contribution in [0.2, 0.25) is 0 Å². The average molecular weight is 435 g/mol. The van der Waals surface area contributed by atoms with E-state index in [1.807, 2.05) is 25.1 Å². The van der Waals surface area contributed by atoms with Gasteiger partial charge in [0.25, 0.3) is 11.7 Å². The number of hydrogen-bond acceptors (Lipinski definition) is 5. The first-order chi connectivity index (χ1) is 15.6. The molecule has 1 N–H and O–H groups in total. The Morgan fingerprint density at radius 1 is 1.03 bits per heavy atom.